The van der Waals surface area contributed by atoms with Gasteiger partial charge in [0.05, 0.1) is 12.1 Å². The number of carbonyl (C=O) groups excluding carboxylic acids is 1. The van der Waals surface area contributed by atoms with Crippen LogP contribution in [0.5, 0.6) is 0 Å². The summed E-state index contributed by atoms with van der Waals surface area (Å²) in [6, 6.07) is -0.0754. The van der Waals surface area contributed by atoms with Crippen molar-refractivity contribution in [2.24, 2.45) is 5.73 Å². The second kappa shape index (κ2) is 4.94. The first-order chi connectivity index (χ1) is 6.88. The average Bonchev–Trinajstić information content (AvgIpc) is 2.05. The Morgan fingerprint density at radius 1 is 1.47 bits per heavy atom. The predicted molar refractivity (Wildman–Crippen MR) is 59.3 cm³/mol. The van der Waals surface area contributed by atoms with Crippen LogP contribution in [0.25, 0.3) is 0 Å². The topological polar surface area (TPSA) is 75.4 Å². The number of hydrogen-bond acceptors (Lipinski definition) is 3. The van der Waals surface area contributed by atoms with Crippen LogP contribution in [0.3, 0.4) is 0 Å². The van der Waals surface area contributed by atoms with Gasteiger partial charge in [-0.05, 0) is 26.7 Å². The lowest BCUT2D eigenvalue weighted by Crippen LogP contribution is -2.48. The van der Waals surface area contributed by atoms with Crippen molar-refractivity contribution >= 4 is 5.91 Å². The van der Waals surface area contributed by atoms with Gasteiger partial charge in [-0.25, -0.2) is 0 Å². The van der Waals surface area contributed by atoms with Crippen molar-refractivity contribution in [2.75, 3.05) is 0 Å². The molecule has 0 aliphatic heterocycles. The molecule has 0 aromatic rings. The molecule has 2 unspecified atom stereocenters. The molecule has 0 aromatic carbocycles. The summed E-state index contributed by atoms with van der Waals surface area (Å²) >= 11 is 0. The van der Waals surface area contributed by atoms with Crippen molar-refractivity contribution in [1.82, 2.24) is 5.32 Å². The van der Waals surface area contributed by atoms with Gasteiger partial charge in [0.15, 0.2) is 0 Å². The van der Waals surface area contributed by atoms with Gasteiger partial charge in [0.25, 0.3) is 0 Å². The molecule has 4 N–H and O–H groups in total. The Balaban J connectivity index is 2.36. The molecule has 1 amide bonds. The Labute approximate surface area is 91.2 Å². The summed E-state index contributed by atoms with van der Waals surface area (Å²) in [7, 11) is 0. The third-order valence-electron chi connectivity index (χ3n) is 2.69. The van der Waals surface area contributed by atoms with Crippen molar-refractivity contribution in [3.63, 3.8) is 0 Å². The summed E-state index contributed by atoms with van der Waals surface area (Å²) in [5.41, 5.74) is 5.27. The zero-order valence-electron chi connectivity index (χ0n) is 9.62. The monoisotopic (exact) mass is 214 g/mol. The molecule has 4 nitrogen and oxygen atoms in total. The molecule has 15 heavy (non-hydrogen) atoms. The average molecular weight is 214 g/mol. The van der Waals surface area contributed by atoms with Crippen LogP contribution in [0.4, 0.5) is 0 Å². The summed E-state index contributed by atoms with van der Waals surface area (Å²) in [6.45, 7) is 3.65. The van der Waals surface area contributed by atoms with Crippen molar-refractivity contribution in [3.05, 3.63) is 0 Å². The fourth-order valence-corrected chi connectivity index (χ4v) is 1.95. The molecule has 1 aliphatic carbocycles. The van der Waals surface area contributed by atoms with Crippen LogP contribution in [0.2, 0.25) is 0 Å². The number of nitrogens with one attached hydrogen (secondary N) is 1. The molecule has 0 spiro atoms. The second-order valence-corrected chi connectivity index (χ2v) is 5.19. The van der Waals surface area contributed by atoms with E-state index >= 15 is 0 Å². The van der Waals surface area contributed by atoms with Gasteiger partial charge in [-0.3, -0.25) is 4.79 Å². The minimum absolute atomic E-state index is 0.0616. The molecule has 88 valence electrons. The van der Waals surface area contributed by atoms with Crippen molar-refractivity contribution in [1.29, 1.82) is 0 Å². The molecular formula is C11H22N2O2. The third-order valence-corrected chi connectivity index (χ3v) is 2.69. The van der Waals surface area contributed by atoms with Gasteiger partial charge >= 0.3 is 0 Å². The molecule has 0 aromatic heterocycles. The maximum absolute atomic E-state index is 11.6. The van der Waals surface area contributed by atoms with E-state index in [1.165, 1.54) is 0 Å². The van der Waals surface area contributed by atoms with Crippen molar-refractivity contribution < 1.29 is 9.90 Å². The first-order valence-electron chi connectivity index (χ1n) is 5.65. The maximum Gasteiger partial charge on any atom is 0.222 e. The lowest BCUT2D eigenvalue weighted by atomic mass is 9.92. The van der Waals surface area contributed by atoms with Gasteiger partial charge in [-0.2, -0.15) is 0 Å². The SMILES string of the molecule is CC(C)(N)CC(=O)NC1CCCCC1O. The van der Waals surface area contributed by atoms with Crippen LogP contribution in [-0.4, -0.2) is 28.7 Å². The molecule has 1 rings (SSSR count). The summed E-state index contributed by atoms with van der Waals surface area (Å²) in [5.74, 6) is -0.0616. The van der Waals surface area contributed by atoms with E-state index in [-0.39, 0.29) is 18.1 Å². The minimum atomic E-state index is -0.482. The molecule has 0 saturated heterocycles. The summed E-state index contributed by atoms with van der Waals surface area (Å²) in [5, 5.41) is 12.5. The first-order valence-corrected chi connectivity index (χ1v) is 5.65. The number of amides is 1. The van der Waals surface area contributed by atoms with E-state index in [4.69, 9.17) is 5.73 Å². The van der Waals surface area contributed by atoms with Crippen LogP contribution in [-0.2, 0) is 4.79 Å². The van der Waals surface area contributed by atoms with E-state index in [1.807, 2.05) is 13.8 Å². The fourth-order valence-electron chi connectivity index (χ4n) is 1.95. The number of aliphatic hydroxyl groups is 1. The Hall–Kier alpha value is -0.610. The second-order valence-electron chi connectivity index (χ2n) is 5.19. The number of rotatable bonds is 3. The summed E-state index contributed by atoms with van der Waals surface area (Å²) in [6.07, 6.45) is 3.71. The smallest absolute Gasteiger partial charge is 0.222 e. The van der Waals surface area contributed by atoms with E-state index in [0.717, 1.165) is 25.7 Å². The van der Waals surface area contributed by atoms with E-state index in [9.17, 15) is 9.90 Å². The number of aliphatic hydroxyl groups excluding tert-OH is 1. The fraction of sp³-hybridized carbons (Fsp3) is 0.909. The highest BCUT2D eigenvalue weighted by Gasteiger charge is 2.26. The molecule has 4 heteroatoms. The molecule has 0 bridgehead atoms. The maximum atomic E-state index is 11.6. The molecule has 0 heterocycles. The van der Waals surface area contributed by atoms with Crippen LogP contribution >= 0.6 is 0 Å². The lowest BCUT2D eigenvalue weighted by Gasteiger charge is -2.29. The first kappa shape index (κ1) is 12.5. The molecular weight excluding hydrogens is 192 g/mol. The van der Waals surface area contributed by atoms with Gasteiger partial charge in [0.1, 0.15) is 0 Å². The molecule has 1 fully saturated rings. The van der Waals surface area contributed by atoms with Crippen LogP contribution in [0.15, 0.2) is 0 Å². The highest BCUT2D eigenvalue weighted by molar-refractivity contribution is 5.77. The van der Waals surface area contributed by atoms with E-state index in [0.29, 0.717) is 6.42 Å². The number of nitrogens with two attached hydrogens (primary N) is 1. The minimum Gasteiger partial charge on any atom is -0.391 e. The van der Waals surface area contributed by atoms with Crippen LogP contribution in [0, 0.1) is 0 Å². The Morgan fingerprint density at radius 3 is 2.60 bits per heavy atom. The standard InChI is InChI=1S/C11H22N2O2/c1-11(2,12)7-10(15)13-8-5-3-4-6-9(8)14/h8-9,14H,3-7,12H2,1-2H3,(H,13,15). The predicted octanol–water partition coefficient (Wildman–Crippen LogP) is 0.533. The molecule has 0 radical (unpaired) electrons. The Kier molecular flexibility index (Phi) is 4.11. The largest absolute Gasteiger partial charge is 0.391 e. The summed E-state index contributed by atoms with van der Waals surface area (Å²) < 4.78 is 0. The van der Waals surface area contributed by atoms with E-state index < -0.39 is 5.54 Å². The molecule has 1 saturated carbocycles. The highest BCUT2D eigenvalue weighted by Crippen LogP contribution is 2.18. The normalized spacial score (nSPS) is 27.5. The Bertz CT molecular complexity index is 223. The summed E-state index contributed by atoms with van der Waals surface area (Å²) in [4.78, 5) is 11.6. The Morgan fingerprint density at radius 2 is 2.07 bits per heavy atom. The molecule has 2 atom stereocenters. The third kappa shape index (κ3) is 4.62. The van der Waals surface area contributed by atoms with Gasteiger partial charge in [-0.15, -0.1) is 0 Å². The van der Waals surface area contributed by atoms with Crippen LogP contribution in [0.1, 0.15) is 46.0 Å². The number of carbonyl (C=O) groups is 1. The van der Waals surface area contributed by atoms with Crippen molar-refractivity contribution in [3.8, 4) is 0 Å². The zero-order valence-corrected chi connectivity index (χ0v) is 9.62. The van der Waals surface area contributed by atoms with Gasteiger partial charge in [0.2, 0.25) is 5.91 Å². The molecule has 1 aliphatic rings. The van der Waals surface area contributed by atoms with Gasteiger partial charge < -0.3 is 16.2 Å². The van der Waals surface area contributed by atoms with Crippen molar-refractivity contribution in [2.45, 2.75) is 63.6 Å². The quantitative estimate of drug-likeness (QED) is 0.641. The zero-order chi connectivity index (χ0) is 11.5. The van der Waals surface area contributed by atoms with Gasteiger partial charge in [-0.1, -0.05) is 12.8 Å². The van der Waals surface area contributed by atoms with Gasteiger partial charge in [0, 0.05) is 12.0 Å². The van der Waals surface area contributed by atoms with E-state index in [1.54, 1.807) is 0 Å². The number of hydrogen-bond donors (Lipinski definition) is 3. The van der Waals surface area contributed by atoms with E-state index in [2.05, 4.69) is 5.32 Å². The highest BCUT2D eigenvalue weighted by atomic mass is 16.3. The van der Waals surface area contributed by atoms with Crippen LogP contribution < -0.4 is 11.1 Å². The lowest BCUT2D eigenvalue weighted by molar-refractivity contribution is -0.123.